The molecular weight excluding hydrogens is 433 g/mol. The number of halogens is 2. The molecule has 1 aromatic heterocycles. The number of nitrogens with one attached hydrogen (secondary N) is 2. The van der Waals surface area contributed by atoms with Crippen molar-refractivity contribution in [1.29, 1.82) is 5.26 Å². The fourth-order valence-corrected chi connectivity index (χ4v) is 3.83. The summed E-state index contributed by atoms with van der Waals surface area (Å²) in [5.41, 5.74) is 2.92. The van der Waals surface area contributed by atoms with Crippen LogP contribution in [0.2, 0.25) is 5.02 Å². The Bertz CT molecular complexity index is 1160. The van der Waals surface area contributed by atoms with Gasteiger partial charge in [-0.3, -0.25) is 9.88 Å². The molecule has 32 heavy (non-hydrogen) atoms. The summed E-state index contributed by atoms with van der Waals surface area (Å²) < 4.78 is 24.5. The molecule has 7 nitrogen and oxygen atoms in total. The van der Waals surface area contributed by atoms with Crippen molar-refractivity contribution in [3.05, 3.63) is 52.9 Å². The fourth-order valence-electron chi connectivity index (χ4n) is 3.65. The lowest BCUT2D eigenvalue weighted by atomic mass is 10.1. The monoisotopic (exact) mass is 455 g/mol. The Balaban J connectivity index is 1.66. The topological polar surface area (TPSA) is 82.4 Å². The number of anilines is 3. The number of ether oxygens (including phenoxy) is 2. The predicted molar refractivity (Wildman–Crippen MR) is 123 cm³/mol. The largest absolute Gasteiger partial charge is 0.494 e. The number of methoxy groups -OCH3 is 1. The van der Waals surface area contributed by atoms with Gasteiger partial charge in [-0.25, -0.2) is 4.39 Å². The predicted octanol–water partition coefficient (Wildman–Crippen LogP) is 4.40. The van der Waals surface area contributed by atoms with E-state index in [1.165, 1.54) is 18.3 Å². The van der Waals surface area contributed by atoms with Crippen LogP contribution in [-0.4, -0.2) is 56.4 Å². The molecule has 4 rings (SSSR count). The van der Waals surface area contributed by atoms with Crippen molar-refractivity contribution in [3.63, 3.8) is 0 Å². The average molecular weight is 456 g/mol. The molecule has 2 N–H and O–H groups in total. The van der Waals surface area contributed by atoms with Crippen LogP contribution >= 0.6 is 11.6 Å². The van der Waals surface area contributed by atoms with E-state index in [0.717, 1.165) is 45.1 Å². The Kier molecular flexibility index (Phi) is 6.90. The molecule has 0 radical (unpaired) electrons. The Morgan fingerprint density at radius 3 is 2.78 bits per heavy atom. The molecule has 0 saturated carbocycles. The summed E-state index contributed by atoms with van der Waals surface area (Å²) in [4.78, 5) is 6.77. The average Bonchev–Trinajstić information content (AvgIpc) is 2.82. The maximum atomic E-state index is 13.6. The molecule has 1 fully saturated rings. The number of nitriles is 1. The second-order valence-corrected chi connectivity index (χ2v) is 7.78. The molecule has 0 bridgehead atoms. The van der Waals surface area contributed by atoms with Crippen LogP contribution in [0.1, 0.15) is 5.56 Å². The SMILES string of the molecule is COc1cc(NCCN2CCOCC2)cc2c(Nc3ccc(F)c(Cl)c3)c(C#N)cnc12. The van der Waals surface area contributed by atoms with Gasteiger partial charge in [0.05, 0.1) is 36.6 Å². The van der Waals surface area contributed by atoms with Gasteiger partial charge in [-0.2, -0.15) is 5.26 Å². The van der Waals surface area contributed by atoms with Crippen molar-refractivity contribution >= 4 is 39.6 Å². The van der Waals surface area contributed by atoms with E-state index in [1.807, 2.05) is 12.1 Å². The van der Waals surface area contributed by atoms with Crippen molar-refractivity contribution in [2.45, 2.75) is 0 Å². The van der Waals surface area contributed by atoms with E-state index in [9.17, 15) is 9.65 Å². The third-order valence-electron chi connectivity index (χ3n) is 5.33. The molecule has 0 atom stereocenters. The summed E-state index contributed by atoms with van der Waals surface area (Å²) in [5, 5.41) is 17.0. The first-order chi connectivity index (χ1) is 15.6. The highest BCUT2D eigenvalue weighted by atomic mass is 35.5. The van der Waals surface area contributed by atoms with Crippen LogP contribution in [0.15, 0.2) is 36.5 Å². The number of aromatic nitrogens is 1. The van der Waals surface area contributed by atoms with Gasteiger partial charge < -0.3 is 20.1 Å². The first-order valence-electron chi connectivity index (χ1n) is 10.3. The van der Waals surface area contributed by atoms with Gasteiger partial charge in [-0.1, -0.05) is 11.6 Å². The lowest BCUT2D eigenvalue weighted by Crippen LogP contribution is -2.39. The summed E-state index contributed by atoms with van der Waals surface area (Å²) in [6.07, 6.45) is 1.49. The van der Waals surface area contributed by atoms with Gasteiger partial charge in [0.2, 0.25) is 0 Å². The summed E-state index contributed by atoms with van der Waals surface area (Å²) in [6, 6.07) is 10.3. The second-order valence-electron chi connectivity index (χ2n) is 7.37. The van der Waals surface area contributed by atoms with Crippen molar-refractivity contribution in [3.8, 4) is 11.8 Å². The van der Waals surface area contributed by atoms with Crippen LogP contribution in [0.5, 0.6) is 5.75 Å². The molecule has 0 spiro atoms. The number of rotatable bonds is 7. The lowest BCUT2D eigenvalue weighted by molar-refractivity contribution is 0.0398. The number of hydrogen-bond acceptors (Lipinski definition) is 7. The van der Waals surface area contributed by atoms with E-state index in [0.29, 0.717) is 33.6 Å². The van der Waals surface area contributed by atoms with Gasteiger partial charge in [0.25, 0.3) is 0 Å². The van der Waals surface area contributed by atoms with Gasteiger partial charge in [-0.05, 0) is 24.3 Å². The van der Waals surface area contributed by atoms with Gasteiger partial charge in [0.1, 0.15) is 23.2 Å². The van der Waals surface area contributed by atoms with Gasteiger partial charge in [0, 0.05) is 55.2 Å². The minimum atomic E-state index is -0.509. The van der Waals surface area contributed by atoms with Crippen LogP contribution in [0, 0.1) is 17.1 Å². The zero-order chi connectivity index (χ0) is 22.5. The molecule has 3 aromatic rings. The zero-order valence-corrected chi connectivity index (χ0v) is 18.4. The van der Waals surface area contributed by atoms with E-state index in [4.69, 9.17) is 21.1 Å². The summed E-state index contributed by atoms with van der Waals surface area (Å²) in [6.45, 7) is 5.00. The Hall–Kier alpha value is -3.12. The number of pyridine rings is 1. The van der Waals surface area contributed by atoms with Crippen molar-refractivity contribution in [2.75, 3.05) is 57.1 Å². The van der Waals surface area contributed by atoms with E-state index in [-0.39, 0.29) is 5.02 Å². The molecule has 9 heteroatoms. The van der Waals surface area contributed by atoms with Crippen LogP contribution < -0.4 is 15.4 Å². The van der Waals surface area contributed by atoms with Crippen LogP contribution in [0.4, 0.5) is 21.5 Å². The number of benzene rings is 2. The van der Waals surface area contributed by atoms with Crippen LogP contribution in [0.3, 0.4) is 0 Å². The maximum absolute atomic E-state index is 13.6. The minimum absolute atomic E-state index is 0.00471. The van der Waals surface area contributed by atoms with E-state index < -0.39 is 5.82 Å². The number of hydrogen-bond donors (Lipinski definition) is 2. The summed E-state index contributed by atoms with van der Waals surface area (Å²) in [5.74, 6) is 0.0757. The quantitative estimate of drug-likeness (QED) is 0.546. The van der Waals surface area contributed by atoms with Crippen molar-refractivity contribution < 1.29 is 13.9 Å². The first kappa shape index (κ1) is 22.1. The van der Waals surface area contributed by atoms with E-state index in [2.05, 4.69) is 26.6 Å². The van der Waals surface area contributed by atoms with Crippen LogP contribution in [-0.2, 0) is 4.74 Å². The van der Waals surface area contributed by atoms with E-state index >= 15 is 0 Å². The molecule has 0 amide bonds. The Morgan fingerprint density at radius 1 is 1.25 bits per heavy atom. The highest BCUT2D eigenvalue weighted by Gasteiger charge is 2.15. The number of fused-ring (bicyclic) bond motifs is 1. The molecule has 0 aliphatic carbocycles. The molecule has 1 saturated heterocycles. The normalized spacial score (nSPS) is 14.2. The summed E-state index contributed by atoms with van der Waals surface area (Å²) in [7, 11) is 1.58. The number of nitrogens with zero attached hydrogens (tertiary/aromatic N) is 3. The smallest absolute Gasteiger partial charge is 0.147 e. The third-order valence-corrected chi connectivity index (χ3v) is 5.62. The Morgan fingerprint density at radius 2 is 2.06 bits per heavy atom. The zero-order valence-electron chi connectivity index (χ0n) is 17.6. The molecule has 2 aromatic carbocycles. The molecule has 166 valence electrons. The minimum Gasteiger partial charge on any atom is -0.494 e. The molecule has 1 aliphatic rings. The third kappa shape index (κ3) is 4.86. The molecular formula is C23H23ClFN5O2. The standard InChI is InChI=1S/C23H23ClFN5O2/c1-31-21-12-17(27-4-5-30-6-8-32-9-7-30)10-18-22(15(13-26)14-28-23(18)21)29-16-2-3-20(25)19(24)11-16/h2-3,10-12,14,27H,4-9H2,1H3,(H,28,29). The molecule has 1 aliphatic heterocycles. The van der Waals surface area contributed by atoms with E-state index in [1.54, 1.807) is 13.2 Å². The first-order valence-corrected chi connectivity index (χ1v) is 10.6. The van der Waals surface area contributed by atoms with Gasteiger partial charge in [0.15, 0.2) is 0 Å². The molecule has 2 heterocycles. The van der Waals surface area contributed by atoms with Crippen molar-refractivity contribution in [1.82, 2.24) is 9.88 Å². The van der Waals surface area contributed by atoms with Crippen LogP contribution in [0.25, 0.3) is 10.9 Å². The lowest BCUT2D eigenvalue weighted by Gasteiger charge is -2.26. The maximum Gasteiger partial charge on any atom is 0.147 e. The Labute approximate surface area is 190 Å². The van der Waals surface area contributed by atoms with Gasteiger partial charge >= 0.3 is 0 Å². The highest BCUT2D eigenvalue weighted by molar-refractivity contribution is 6.31. The molecule has 0 unspecified atom stereocenters. The second kappa shape index (κ2) is 10.0. The van der Waals surface area contributed by atoms with Gasteiger partial charge in [-0.15, -0.1) is 0 Å². The fraction of sp³-hybridized carbons (Fsp3) is 0.304. The van der Waals surface area contributed by atoms with Crippen molar-refractivity contribution in [2.24, 2.45) is 0 Å². The summed E-state index contributed by atoms with van der Waals surface area (Å²) >= 11 is 5.93. The highest BCUT2D eigenvalue weighted by Crippen LogP contribution is 2.36. The number of morpholine rings is 1.